The predicted octanol–water partition coefficient (Wildman–Crippen LogP) is 3.06. The number of nitrogens with zero attached hydrogens (tertiary/aromatic N) is 3. The summed E-state index contributed by atoms with van der Waals surface area (Å²) in [6.07, 6.45) is 1.92. The summed E-state index contributed by atoms with van der Waals surface area (Å²) < 4.78 is 14.8. The van der Waals surface area contributed by atoms with E-state index in [2.05, 4.69) is 15.5 Å². The Balaban J connectivity index is 1.79. The molecule has 0 aliphatic heterocycles. The van der Waals surface area contributed by atoms with Crippen molar-refractivity contribution in [2.24, 2.45) is 0 Å². The number of carbonyl (C=O) groups excluding carboxylic acids is 1. The molecule has 0 aliphatic rings. The third-order valence-electron chi connectivity index (χ3n) is 3.41. The molecule has 1 N–H and O–H groups in total. The second kappa shape index (κ2) is 7.27. The summed E-state index contributed by atoms with van der Waals surface area (Å²) in [7, 11) is 0. The third-order valence-corrected chi connectivity index (χ3v) is 4.04. The Morgan fingerprint density at radius 3 is 2.50 bits per heavy atom. The molecule has 1 heterocycles. The fourth-order valence-corrected chi connectivity index (χ4v) is 2.76. The molecule has 0 spiro atoms. The molecule has 122 valence electrons. The Labute approximate surface area is 142 Å². The van der Waals surface area contributed by atoms with Gasteiger partial charge in [0, 0.05) is 11.3 Å². The number of amides is 1. The van der Waals surface area contributed by atoms with Crippen molar-refractivity contribution in [2.45, 2.75) is 11.7 Å². The first-order valence-corrected chi connectivity index (χ1v) is 8.49. The van der Waals surface area contributed by atoms with Gasteiger partial charge in [-0.1, -0.05) is 30.0 Å². The summed E-state index contributed by atoms with van der Waals surface area (Å²) in [6.45, 7) is 0.221. The fraction of sp³-hybridized carbons (Fsp3) is 0.118. The van der Waals surface area contributed by atoms with Gasteiger partial charge in [0.15, 0.2) is 11.0 Å². The zero-order valence-electron chi connectivity index (χ0n) is 12.9. The van der Waals surface area contributed by atoms with Crippen LogP contribution in [0.5, 0.6) is 0 Å². The molecular formula is C17H15FN4OS. The van der Waals surface area contributed by atoms with Crippen LogP contribution < -0.4 is 5.32 Å². The molecule has 2 aromatic carbocycles. The first kappa shape index (κ1) is 16.2. The maximum atomic E-state index is 12.9. The monoisotopic (exact) mass is 342 g/mol. The van der Waals surface area contributed by atoms with Crippen LogP contribution in [0.3, 0.4) is 0 Å². The number of thioether (sulfide) groups is 1. The molecule has 0 bridgehead atoms. The number of para-hydroxylation sites is 1. The van der Waals surface area contributed by atoms with E-state index in [9.17, 15) is 9.18 Å². The molecule has 24 heavy (non-hydrogen) atoms. The number of benzene rings is 2. The zero-order chi connectivity index (χ0) is 16.9. The van der Waals surface area contributed by atoms with Crippen molar-refractivity contribution >= 4 is 17.7 Å². The highest BCUT2D eigenvalue weighted by Gasteiger charge is 2.14. The molecule has 0 unspecified atom stereocenters. The maximum Gasteiger partial charge on any atom is 0.251 e. The van der Waals surface area contributed by atoms with Crippen LogP contribution in [-0.4, -0.2) is 26.9 Å². The summed E-state index contributed by atoms with van der Waals surface area (Å²) in [4.78, 5) is 12.2. The van der Waals surface area contributed by atoms with Gasteiger partial charge >= 0.3 is 0 Å². The normalized spacial score (nSPS) is 10.6. The largest absolute Gasteiger partial charge is 0.345 e. The summed E-state index contributed by atoms with van der Waals surface area (Å²) in [5, 5.41) is 11.8. The summed E-state index contributed by atoms with van der Waals surface area (Å²) in [5.41, 5.74) is 1.32. The predicted molar refractivity (Wildman–Crippen MR) is 90.7 cm³/mol. The second-order valence-electron chi connectivity index (χ2n) is 4.96. The minimum absolute atomic E-state index is 0.221. The molecule has 0 radical (unpaired) electrons. The lowest BCUT2D eigenvalue weighted by Gasteiger charge is -2.10. The SMILES string of the molecule is CSc1nnc(CNC(=O)c2ccc(F)cc2)n1-c1ccccc1. The topological polar surface area (TPSA) is 59.8 Å². The highest BCUT2D eigenvalue weighted by atomic mass is 32.2. The molecule has 1 aromatic heterocycles. The highest BCUT2D eigenvalue weighted by Crippen LogP contribution is 2.19. The smallest absolute Gasteiger partial charge is 0.251 e. The van der Waals surface area contributed by atoms with Crippen LogP contribution in [0.2, 0.25) is 0 Å². The molecule has 3 rings (SSSR count). The average Bonchev–Trinajstić information content (AvgIpc) is 3.04. The number of nitrogens with one attached hydrogen (secondary N) is 1. The van der Waals surface area contributed by atoms with E-state index in [1.165, 1.54) is 36.0 Å². The van der Waals surface area contributed by atoms with E-state index < -0.39 is 0 Å². The van der Waals surface area contributed by atoms with Gasteiger partial charge in [-0.3, -0.25) is 9.36 Å². The van der Waals surface area contributed by atoms with Crippen molar-refractivity contribution in [3.63, 3.8) is 0 Å². The van der Waals surface area contributed by atoms with E-state index in [1.807, 2.05) is 41.2 Å². The van der Waals surface area contributed by atoms with E-state index in [-0.39, 0.29) is 18.3 Å². The van der Waals surface area contributed by atoms with Gasteiger partial charge in [-0.05, 0) is 42.7 Å². The number of halogens is 1. The average molecular weight is 342 g/mol. The van der Waals surface area contributed by atoms with Crippen LogP contribution >= 0.6 is 11.8 Å². The maximum absolute atomic E-state index is 12.9. The van der Waals surface area contributed by atoms with Gasteiger partial charge in [0.25, 0.3) is 5.91 Å². The highest BCUT2D eigenvalue weighted by molar-refractivity contribution is 7.98. The molecule has 3 aromatic rings. The van der Waals surface area contributed by atoms with Gasteiger partial charge in [-0.15, -0.1) is 10.2 Å². The molecule has 0 saturated carbocycles. The van der Waals surface area contributed by atoms with Gasteiger partial charge < -0.3 is 5.32 Å². The van der Waals surface area contributed by atoms with Gasteiger partial charge in [-0.25, -0.2) is 4.39 Å². The third kappa shape index (κ3) is 3.46. The summed E-state index contributed by atoms with van der Waals surface area (Å²) in [5.74, 6) is -0.0377. The molecule has 7 heteroatoms. The van der Waals surface area contributed by atoms with Crippen LogP contribution in [-0.2, 0) is 6.54 Å². The minimum Gasteiger partial charge on any atom is -0.345 e. The molecular weight excluding hydrogens is 327 g/mol. The Kier molecular flexibility index (Phi) is 4.90. The van der Waals surface area contributed by atoms with E-state index in [1.54, 1.807) is 0 Å². The molecule has 1 amide bonds. The van der Waals surface area contributed by atoms with Crippen molar-refractivity contribution < 1.29 is 9.18 Å². The van der Waals surface area contributed by atoms with Crippen LogP contribution in [0.15, 0.2) is 59.8 Å². The summed E-state index contributed by atoms with van der Waals surface area (Å²) in [6, 6.07) is 15.1. The van der Waals surface area contributed by atoms with Crippen LogP contribution in [0.4, 0.5) is 4.39 Å². The molecule has 0 fully saturated rings. The molecule has 0 atom stereocenters. The van der Waals surface area contributed by atoms with Crippen LogP contribution in [0.25, 0.3) is 5.69 Å². The van der Waals surface area contributed by atoms with E-state index in [0.717, 1.165) is 10.8 Å². The van der Waals surface area contributed by atoms with Gasteiger partial charge in [0.05, 0.1) is 6.54 Å². The fourth-order valence-electron chi connectivity index (χ4n) is 2.25. The Bertz CT molecular complexity index is 834. The molecule has 5 nitrogen and oxygen atoms in total. The number of carbonyl (C=O) groups is 1. The van der Waals surface area contributed by atoms with Crippen molar-refractivity contribution in [1.82, 2.24) is 20.1 Å². The van der Waals surface area contributed by atoms with Gasteiger partial charge in [0.1, 0.15) is 5.82 Å². The quantitative estimate of drug-likeness (QED) is 0.724. The van der Waals surface area contributed by atoms with Crippen molar-refractivity contribution in [3.05, 3.63) is 71.8 Å². The number of rotatable bonds is 5. The standard InChI is InChI=1S/C17H15FN4OS/c1-24-17-21-20-15(22(17)14-5-3-2-4-6-14)11-19-16(23)12-7-9-13(18)10-8-12/h2-10H,11H2,1H3,(H,19,23). The minimum atomic E-state index is -0.375. The van der Waals surface area contributed by atoms with Gasteiger partial charge in [-0.2, -0.15) is 0 Å². The van der Waals surface area contributed by atoms with E-state index >= 15 is 0 Å². The lowest BCUT2D eigenvalue weighted by atomic mass is 10.2. The second-order valence-corrected chi connectivity index (χ2v) is 5.74. The van der Waals surface area contributed by atoms with Crippen molar-refractivity contribution in [2.75, 3.05) is 6.26 Å². The molecule has 0 saturated heterocycles. The Morgan fingerprint density at radius 2 is 1.83 bits per heavy atom. The summed E-state index contributed by atoms with van der Waals surface area (Å²) >= 11 is 1.48. The number of hydrogen-bond donors (Lipinski definition) is 1. The lowest BCUT2D eigenvalue weighted by Crippen LogP contribution is -2.24. The molecule has 0 aliphatic carbocycles. The zero-order valence-corrected chi connectivity index (χ0v) is 13.8. The Morgan fingerprint density at radius 1 is 1.12 bits per heavy atom. The number of hydrogen-bond acceptors (Lipinski definition) is 4. The first-order chi connectivity index (χ1) is 11.7. The number of aromatic nitrogens is 3. The lowest BCUT2D eigenvalue weighted by molar-refractivity contribution is 0.0949. The van der Waals surface area contributed by atoms with Crippen molar-refractivity contribution in [1.29, 1.82) is 0 Å². The van der Waals surface area contributed by atoms with Gasteiger partial charge in [0.2, 0.25) is 0 Å². The van der Waals surface area contributed by atoms with Crippen LogP contribution in [0.1, 0.15) is 16.2 Å². The van der Waals surface area contributed by atoms with E-state index in [0.29, 0.717) is 11.4 Å². The first-order valence-electron chi connectivity index (χ1n) is 7.26. The van der Waals surface area contributed by atoms with Crippen LogP contribution in [0, 0.1) is 5.82 Å². The van der Waals surface area contributed by atoms with Crippen molar-refractivity contribution in [3.8, 4) is 5.69 Å². The van der Waals surface area contributed by atoms with E-state index in [4.69, 9.17) is 0 Å². The Hall–Kier alpha value is -2.67.